The van der Waals surface area contributed by atoms with Crippen molar-refractivity contribution < 1.29 is 9.90 Å². The van der Waals surface area contributed by atoms with Gasteiger partial charge in [-0.2, -0.15) is 0 Å². The van der Waals surface area contributed by atoms with Gasteiger partial charge in [-0.25, -0.2) is 4.98 Å². The number of amides is 1. The van der Waals surface area contributed by atoms with Crippen molar-refractivity contribution in [3.05, 3.63) is 113 Å². The van der Waals surface area contributed by atoms with Gasteiger partial charge in [0, 0.05) is 23.0 Å². The highest BCUT2D eigenvalue weighted by Crippen LogP contribution is 2.38. The highest BCUT2D eigenvalue weighted by Gasteiger charge is 2.33. The lowest BCUT2D eigenvalue weighted by Crippen LogP contribution is -2.37. The maximum absolute atomic E-state index is 13.7. The minimum Gasteiger partial charge on any atom is -0.394 e. The van der Waals surface area contributed by atoms with Crippen molar-refractivity contribution in [2.24, 2.45) is 5.92 Å². The van der Waals surface area contributed by atoms with Crippen LogP contribution in [0.25, 0.3) is 21.9 Å². The second-order valence-electron chi connectivity index (χ2n) is 11.3. The number of aromatic nitrogens is 2. The molecule has 2 N–H and O–H groups in total. The molecule has 0 aliphatic heterocycles. The first kappa shape index (κ1) is 26.3. The van der Waals surface area contributed by atoms with E-state index in [0.29, 0.717) is 12.5 Å². The number of nitrogens with zero attached hydrogens (tertiary/aromatic N) is 2. The van der Waals surface area contributed by atoms with E-state index in [4.69, 9.17) is 4.98 Å². The van der Waals surface area contributed by atoms with E-state index in [0.717, 1.165) is 48.2 Å². The summed E-state index contributed by atoms with van der Waals surface area (Å²) in [7, 11) is 0. The molecule has 6 rings (SSSR count). The van der Waals surface area contributed by atoms with Crippen LogP contribution in [0.2, 0.25) is 0 Å². The molecule has 2 atom stereocenters. The molecule has 0 spiro atoms. The van der Waals surface area contributed by atoms with Gasteiger partial charge in [0.2, 0.25) is 5.91 Å². The minimum absolute atomic E-state index is 0.0000936. The van der Waals surface area contributed by atoms with Gasteiger partial charge in [-0.3, -0.25) is 4.79 Å². The van der Waals surface area contributed by atoms with Crippen molar-refractivity contribution in [3.8, 4) is 0 Å². The number of aliphatic hydroxyl groups excluding tert-OH is 1. The lowest BCUT2D eigenvalue weighted by Gasteiger charge is -2.26. The lowest BCUT2D eigenvalue weighted by molar-refractivity contribution is -0.124. The topological polar surface area (TPSA) is 67.2 Å². The second kappa shape index (κ2) is 11.3. The fraction of sp³-hybridized carbons (Fsp3) is 0.314. The summed E-state index contributed by atoms with van der Waals surface area (Å²) in [4.78, 5) is 18.7. The van der Waals surface area contributed by atoms with Crippen molar-refractivity contribution in [1.29, 1.82) is 0 Å². The van der Waals surface area contributed by atoms with Gasteiger partial charge in [-0.05, 0) is 67.0 Å². The minimum atomic E-state index is -0.411. The van der Waals surface area contributed by atoms with E-state index in [1.54, 1.807) is 0 Å². The average Bonchev–Trinajstić information content (AvgIpc) is 3.60. The summed E-state index contributed by atoms with van der Waals surface area (Å²) in [6.07, 6.45) is 4.43. The molecule has 0 radical (unpaired) electrons. The molecule has 1 fully saturated rings. The van der Waals surface area contributed by atoms with E-state index >= 15 is 0 Å². The van der Waals surface area contributed by atoms with Crippen molar-refractivity contribution in [2.45, 2.75) is 58.0 Å². The maximum atomic E-state index is 13.7. The molecule has 5 heteroatoms. The highest BCUT2D eigenvalue weighted by molar-refractivity contribution is 6.08. The summed E-state index contributed by atoms with van der Waals surface area (Å²) in [5.74, 6) is 0.0862. The quantitative estimate of drug-likeness (QED) is 0.227. The largest absolute Gasteiger partial charge is 0.394 e. The number of benzene rings is 3. The molecule has 1 aliphatic rings. The van der Waals surface area contributed by atoms with E-state index < -0.39 is 6.04 Å². The molecule has 3 aromatic carbocycles. The number of rotatable bonds is 8. The molecule has 0 bridgehead atoms. The number of hydrogen-bond donors (Lipinski definition) is 2. The molecule has 0 unspecified atom stereocenters. The van der Waals surface area contributed by atoms with Gasteiger partial charge in [0.1, 0.15) is 5.65 Å². The smallest absolute Gasteiger partial charge is 0.228 e. The predicted molar refractivity (Wildman–Crippen MR) is 161 cm³/mol. The Labute approximate surface area is 235 Å². The van der Waals surface area contributed by atoms with Gasteiger partial charge in [-0.1, -0.05) is 85.6 Å². The van der Waals surface area contributed by atoms with Gasteiger partial charge in [-0.15, -0.1) is 0 Å². The third kappa shape index (κ3) is 5.02. The lowest BCUT2D eigenvalue weighted by atomic mass is 9.83. The van der Waals surface area contributed by atoms with Crippen molar-refractivity contribution >= 4 is 27.8 Å². The molecule has 5 nitrogen and oxygen atoms in total. The summed E-state index contributed by atoms with van der Waals surface area (Å²) in [6.45, 7) is 4.80. The molecule has 204 valence electrons. The Morgan fingerprint density at radius 1 is 0.950 bits per heavy atom. The van der Waals surface area contributed by atoms with Crippen molar-refractivity contribution in [2.75, 3.05) is 6.61 Å². The first-order valence-corrected chi connectivity index (χ1v) is 14.4. The number of aryl methyl sites for hydroxylation is 2. The third-order valence-corrected chi connectivity index (χ3v) is 8.58. The van der Waals surface area contributed by atoms with Crippen LogP contribution < -0.4 is 5.32 Å². The molecule has 0 saturated heterocycles. The Kier molecular flexibility index (Phi) is 7.40. The van der Waals surface area contributed by atoms with Gasteiger partial charge in [0.15, 0.2) is 0 Å². The Morgan fingerprint density at radius 3 is 2.38 bits per heavy atom. The van der Waals surface area contributed by atoms with Crippen LogP contribution in [-0.2, 0) is 11.3 Å². The van der Waals surface area contributed by atoms with Crippen molar-refractivity contribution in [3.63, 3.8) is 0 Å². The SMILES string of the molecule is Cc1cc(C)c2c3ccccc3n(Cc3ccc([C@@H](C(=O)N[C@@H](CO)c4ccccc4)C4CCCC4)cc3)c2n1. The van der Waals surface area contributed by atoms with Crippen LogP contribution in [0.3, 0.4) is 0 Å². The van der Waals surface area contributed by atoms with Crippen molar-refractivity contribution in [1.82, 2.24) is 14.9 Å². The summed E-state index contributed by atoms with van der Waals surface area (Å²) in [5.41, 5.74) is 7.61. The maximum Gasteiger partial charge on any atom is 0.228 e. The fourth-order valence-electron chi connectivity index (χ4n) is 6.66. The highest BCUT2D eigenvalue weighted by atomic mass is 16.3. The van der Waals surface area contributed by atoms with Gasteiger partial charge >= 0.3 is 0 Å². The zero-order valence-electron chi connectivity index (χ0n) is 23.3. The van der Waals surface area contributed by atoms with E-state index in [2.05, 4.69) is 78.3 Å². The number of fused-ring (bicyclic) bond motifs is 3. The van der Waals surface area contributed by atoms with Gasteiger partial charge in [0.25, 0.3) is 0 Å². The first-order valence-electron chi connectivity index (χ1n) is 14.4. The summed E-state index contributed by atoms with van der Waals surface area (Å²) >= 11 is 0. The third-order valence-electron chi connectivity index (χ3n) is 8.58. The van der Waals surface area contributed by atoms with Crippen LogP contribution in [0.5, 0.6) is 0 Å². The van der Waals surface area contributed by atoms with E-state index in [9.17, 15) is 9.90 Å². The summed E-state index contributed by atoms with van der Waals surface area (Å²) < 4.78 is 2.31. The van der Waals surface area contributed by atoms with E-state index in [-0.39, 0.29) is 18.4 Å². The number of carbonyl (C=O) groups is 1. The van der Waals surface area contributed by atoms with Crippen LogP contribution in [0, 0.1) is 19.8 Å². The zero-order valence-corrected chi connectivity index (χ0v) is 23.3. The first-order chi connectivity index (χ1) is 19.5. The summed E-state index contributed by atoms with van der Waals surface area (Å²) in [5, 5.41) is 15.7. The molecule has 2 aromatic heterocycles. The number of pyridine rings is 1. The normalized spacial score (nSPS) is 15.5. The van der Waals surface area contributed by atoms with Crippen LogP contribution in [-0.4, -0.2) is 27.2 Å². The van der Waals surface area contributed by atoms with E-state index in [1.165, 1.54) is 27.4 Å². The number of para-hydroxylation sites is 1. The standard InChI is InChI=1S/C35H37N3O2/c1-23-20-24(2)36-34-32(23)29-14-8-9-15-31(29)38(34)21-25-16-18-28(19-17-25)33(27-12-6-7-13-27)35(40)37-30(22-39)26-10-4-3-5-11-26/h3-5,8-11,14-20,27,30,33,39H,6-7,12-13,21-22H2,1-2H3,(H,37,40)/t30-,33-/m0/s1. The monoisotopic (exact) mass is 531 g/mol. The van der Waals surface area contributed by atoms with E-state index in [1.807, 2.05) is 30.3 Å². The summed E-state index contributed by atoms with van der Waals surface area (Å²) in [6, 6.07) is 28.6. The predicted octanol–water partition coefficient (Wildman–Crippen LogP) is 6.98. The van der Waals surface area contributed by atoms with Gasteiger partial charge < -0.3 is 15.0 Å². The molecule has 1 amide bonds. The number of aliphatic hydroxyl groups is 1. The fourth-order valence-corrected chi connectivity index (χ4v) is 6.66. The molecule has 1 aliphatic carbocycles. The average molecular weight is 532 g/mol. The van der Waals surface area contributed by atoms with Crippen LogP contribution in [0.1, 0.15) is 65.6 Å². The van der Waals surface area contributed by atoms with Crippen LogP contribution >= 0.6 is 0 Å². The Bertz CT molecular complexity index is 1630. The Morgan fingerprint density at radius 2 is 1.65 bits per heavy atom. The Hall–Kier alpha value is -3.96. The van der Waals surface area contributed by atoms with Gasteiger partial charge in [0.05, 0.1) is 24.1 Å². The number of carbonyl (C=O) groups excluding carboxylic acids is 1. The molecular formula is C35H37N3O2. The van der Waals surface area contributed by atoms with Crippen LogP contribution in [0.4, 0.5) is 0 Å². The molecule has 40 heavy (non-hydrogen) atoms. The molecular weight excluding hydrogens is 494 g/mol. The molecule has 2 heterocycles. The number of hydrogen-bond acceptors (Lipinski definition) is 3. The second-order valence-corrected chi connectivity index (χ2v) is 11.3. The molecule has 1 saturated carbocycles. The zero-order chi connectivity index (χ0) is 27.6. The number of nitrogens with one attached hydrogen (secondary N) is 1. The Balaban J connectivity index is 1.30. The molecule has 5 aromatic rings. The van der Waals surface area contributed by atoms with Crippen LogP contribution in [0.15, 0.2) is 84.9 Å².